The van der Waals surface area contributed by atoms with Crippen LogP contribution >= 0.6 is 0 Å². The first kappa shape index (κ1) is 14.3. The third-order valence-corrected chi connectivity index (χ3v) is 3.10. The molecule has 1 N–H and O–H groups in total. The van der Waals surface area contributed by atoms with E-state index >= 15 is 0 Å². The van der Waals surface area contributed by atoms with Crippen molar-refractivity contribution in [1.82, 2.24) is 10.3 Å². The molecule has 0 saturated heterocycles. The fourth-order valence-electron chi connectivity index (χ4n) is 1.88. The van der Waals surface area contributed by atoms with E-state index in [1.165, 1.54) is 0 Å². The third kappa shape index (κ3) is 3.92. The van der Waals surface area contributed by atoms with Gasteiger partial charge in [-0.15, -0.1) is 0 Å². The Hall–Kier alpha value is -2.16. The standard InChI is InChI=1S/C17H20N2O/c1-13(2)10-11-18-17(20)15-8-9-16(19-12-15)14-6-4-3-5-7-14/h3-9,12-13H,10-11H2,1-2H3,(H,18,20). The molecule has 0 atom stereocenters. The molecule has 0 fully saturated rings. The van der Waals surface area contributed by atoms with Crippen molar-refractivity contribution in [3.63, 3.8) is 0 Å². The summed E-state index contributed by atoms with van der Waals surface area (Å²) < 4.78 is 0. The second-order valence-electron chi connectivity index (χ2n) is 5.24. The zero-order valence-corrected chi connectivity index (χ0v) is 12.0. The number of nitrogens with one attached hydrogen (secondary N) is 1. The van der Waals surface area contributed by atoms with Crippen LogP contribution in [0, 0.1) is 5.92 Å². The van der Waals surface area contributed by atoms with Crippen LogP contribution in [0.4, 0.5) is 0 Å². The van der Waals surface area contributed by atoms with Gasteiger partial charge < -0.3 is 5.32 Å². The normalized spacial score (nSPS) is 10.6. The number of hydrogen-bond donors (Lipinski definition) is 1. The van der Waals surface area contributed by atoms with Crippen molar-refractivity contribution < 1.29 is 4.79 Å². The van der Waals surface area contributed by atoms with E-state index in [2.05, 4.69) is 24.1 Å². The molecule has 0 spiro atoms. The molecular formula is C17H20N2O. The molecule has 1 amide bonds. The summed E-state index contributed by atoms with van der Waals surface area (Å²) in [5.41, 5.74) is 2.54. The minimum atomic E-state index is -0.0576. The molecule has 2 rings (SSSR count). The second kappa shape index (κ2) is 6.85. The van der Waals surface area contributed by atoms with Crippen molar-refractivity contribution >= 4 is 5.91 Å². The molecule has 3 nitrogen and oxygen atoms in total. The van der Waals surface area contributed by atoms with E-state index in [9.17, 15) is 4.79 Å². The Morgan fingerprint density at radius 3 is 2.50 bits per heavy atom. The first-order chi connectivity index (χ1) is 9.66. The minimum Gasteiger partial charge on any atom is -0.352 e. The summed E-state index contributed by atoms with van der Waals surface area (Å²) in [7, 11) is 0. The predicted octanol–water partition coefficient (Wildman–Crippen LogP) is 3.52. The van der Waals surface area contributed by atoms with Crippen LogP contribution in [0.15, 0.2) is 48.7 Å². The van der Waals surface area contributed by atoms with Crippen LogP contribution in [0.1, 0.15) is 30.6 Å². The third-order valence-electron chi connectivity index (χ3n) is 3.10. The molecule has 0 unspecified atom stereocenters. The maximum Gasteiger partial charge on any atom is 0.252 e. The molecule has 2 aromatic rings. The number of rotatable bonds is 5. The number of hydrogen-bond acceptors (Lipinski definition) is 2. The lowest BCUT2D eigenvalue weighted by Gasteiger charge is -2.07. The molecule has 20 heavy (non-hydrogen) atoms. The van der Waals surface area contributed by atoms with Gasteiger partial charge in [0.15, 0.2) is 0 Å². The predicted molar refractivity (Wildman–Crippen MR) is 81.5 cm³/mol. The lowest BCUT2D eigenvalue weighted by atomic mass is 10.1. The summed E-state index contributed by atoms with van der Waals surface area (Å²) in [5.74, 6) is 0.534. The highest BCUT2D eigenvalue weighted by Gasteiger charge is 2.06. The van der Waals surface area contributed by atoms with Gasteiger partial charge in [0.1, 0.15) is 0 Å². The minimum absolute atomic E-state index is 0.0576. The van der Waals surface area contributed by atoms with Crippen LogP contribution in [0.25, 0.3) is 11.3 Å². The molecule has 104 valence electrons. The Bertz CT molecular complexity index is 547. The number of nitrogens with zero attached hydrogens (tertiary/aromatic N) is 1. The van der Waals surface area contributed by atoms with Gasteiger partial charge in [0.05, 0.1) is 11.3 Å². The van der Waals surface area contributed by atoms with Gasteiger partial charge in [-0.3, -0.25) is 9.78 Å². The van der Waals surface area contributed by atoms with Crippen LogP contribution in [0.2, 0.25) is 0 Å². The summed E-state index contributed by atoms with van der Waals surface area (Å²) in [6, 6.07) is 13.6. The van der Waals surface area contributed by atoms with E-state index in [4.69, 9.17) is 0 Å². The zero-order chi connectivity index (χ0) is 14.4. The first-order valence-corrected chi connectivity index (χ1v) is 6.96. The summed E-state index contributed by atoms with van der Waals surface area (Å²) in [4.78, 5) is 16.3. The van der Waals surface area contributed by atoms with Gasteiger partial charge >= 0.3 is 0 Å². The van der Waals surface area contributed by atoms with Crippen LogP contribution in [0.5, 0.6) is 0 Å². The summed E-state index contributed by atoms with van der Waals surface area (Å²) in [5, 5.41) is 2.91. The first-order valence-electron chi connectivity index (χ1n) is 6.96. The van der Waals surface area contributed by atoms with Crippen molar-refractivity contribution in [2.24, 2.45) is 5.92 Å². The Morgan fingerprint density at radius 1 is 1.15 bits per heavy atom. The molecule has 0 aliphatic heterocycles. The van der Waals surface area contributed by atoms with Gasteiger partial charge in [-0.25, -0.2) is 0 Å². The number of pyridine rings is 1. The molecule has 1 aromatic carbocycles. The van der Waals surface area contributed by atoms with E-state index in [1.54, 1.807) is 6.20 Å². The maximum absolute atomic E-state index is 11.9. The smallest absolute Gasteiger partial charge is 0.252 e. The van der Waals surface area contributed by atoms with Crippen molar-refractivity contribution in [2.75, 3.05) is 6.54 Å². The quantitative estimate of drug-likeness (QED) is 0.901. The molecule has 1 aromatic heterocycles. The summed E-state index contributed by atoms with van der Waals surface area (Å²) in [6.07, 6.45) is 2.62. The fraction of sp³-hybridized carbons (Fsp3) is 0.294. The van der Waals surface area contributed by atoms with Crippen LogP contribution in [0.3, 0.4) is 0 Å². The molecule has 0 aliphatic rings. The van der Waals surface area contributed by atoms with Gasteiger partial charge in [-0.1, -0.05) is 44.2 Å². The Labute approximate surface area is 120 Å². The van der Waals surface area contributed by atoms with E-state index < -0.39 is 0 Å². The topological polar surface area (TPSA) is 42.0 Å². The highest BCUT2D eigenvalue weighted by molar-refractivity contribution is 5.94. The van der Waals surface area contributed by atoms with Crippen LogP contribution in [-0.4, -0.2) is 17.4 Å². The zero-order valence-electron chi connectivity index (χ0n) is 12.0. The van der Waals surface area contributed by atoms with E-state index in [0.717, 1.165) is 17.7 Å². The number of aromatic nitrogens is 1. The number of carbonyl (C=O) groups excluding carboxylic acids is 1. The lowest BCUT2D eigenvalue weighted by Crippen LogP contribution is -2.25. The lowest BCUT2D eigenvalue weighted by molar-refractivity contribution is 0.0951. The number of carbonyl (C=O) groups is 1. The average Bonchev–Trinajstić information content (AvgIpc) is 2.48. The fourth-order valence-corrected chi connectivity index (χ4v) is 1.88. The van der Waals surface area contributed by atoms with Gasteiger partial charge in [0.25, 0.3) is 5.91 Å². The van der Waals surface area contributed by atoms with E-state index in [-0.39, 0.29) is 5.91 Å². The SMILES string of the molecule is CC(C)CCNC(=O)c1ccc(-c2ccccc2)nc1. The Balaban J connectivity index is 1.99. The summed E-state index contributed by atoms with van der Waals surface area (Å²) in [6.45, 7) is 4.99. The van der Waals surface area contributed by atoms with Gasteiger partial charge in [0.2, 0.25) is 0 Å². The Kier molecular flexibility index (Phi) is 4.88. The molecule has 0 radical (unpaired) electrons. The molecule has 0 aliphatic carbocycles. The number of benzene rings is 1. The van der Waals surface area contributed by atoms with Crippen molar-refractivity contribution in [3.05, 3.63) is 54.2 Å². The summed E-state index contributed by atoms with van der Waals surface area (Å²) >= 11 is 0. The second-order valence-corrected chi connectivity index (χ2v) is 5.24. The maximum atomic E-state index is 11.9. The van der Waals surface area contributed by atoms with Crippen molar-refractivity contribution in [2.45, 2.75) is 20.3 Å². The number of amides is 1. The van der Waals surface area contributed by atoms with Crippen LogP contribution < -0.4 is 5.32 Å². The molecular weight excluding hydrogens is 248 g/mol. The van der Waals surface area contributed by atoms with Gasteiger partial charge in [0, 0.05) is 18.3 Å². The largest absolute Gasteiger partial charge is 0.352 e. The monoisotopic (exact) mass is 268 g/mol. The van der Waals surface area contributed by atoms with Gasteiger partial charge in [-0.2, -0.15) is 0 Å². The van der Waals surface area contributed by atoms with Crippen molar-refractivity contribution in [3.8, 4) is 11.3 Å². The van der Waals surface area contributed by atoms with E-state index in [0.29, 0.717) is 18.0 Å². The Morgan fingerprint density at radius 2 is 1.90 bits per heavy atom. The molecule has 3 heteroatoms. The molecule has 0 bridgehead atoms. The van der Waals surface area contributed by atoms with E-state index in [1.807, 2.05) is 42.5 Å². The van der Waals surface area contributed by atoms with Crippen molar-refractivity contribution in [1.29, 1.82) is 0 Å². The average molecular weight is 268 g/mol. The van der Waals surface area contributed by atoms with Crippen LogP contribution in [-0.2, 0) is 0 Å². The molecule has 1 heterocycles. The van der Waals surface area contributed by atoms with Gasteiger partial charge in [-0.05, 0) is 24.5 Å². The molecule has 0 saturated carbocycles. The highest BCUT2D eigenvalue weighted by atomic mass is 16.1. The highest BCUT2D eigenvalue weighted by Crippen LogP contribution is 2.16.